The van der Waals surface area contributed by atoms with Gasteiger partial charge in [-0.3, -0.25) is 4.79 Å². The first-order chi connectivity index (χ1) is 6.56. The molecule has 4 nitrogen and oxygen atoms in total. The smallest absolute Gasteiger partial charge is 0.329 e. The summed E-state index contributed by atoms with van der Waals surface area (Å²) in [6.45, 7) is 6.24. The summed E-state index contributed by atoms with van der Waals surface area (Å²) in [5, 5.41) is 2.70. The summed E-state index contributed by atoms with van der Waals surface area (Å²) in [7, 11) is 0. The number of hydrogen-bond acceptors (Lipinski definition) is 3. The zero-order valence-corrected chi connectivity index (χ0v) is 8.87. The number of nitrogens with one attached hydrogen (secondary N) is 1. The van der Waals surface area contributed by atoms with E-state index in [0.29, 0.717) is 18.9 Å². The van der Waals surface area contributed by atoms with E-state index in [2.05, 4.69) is 5.32 Å². The van der Waals surface area contributed by atoms with Crippen molar-refractivity contribution in [3.8, 4) is 0 Å². The molecule has 1 aliphatic rings. The second-order valence-corrected chi connectivity index (χ2v) is 3.94. The van der Waals surface area contributed by atoms with Gasteiger partial charge in [0.25, 0.3) is 0 Å². The van der Waals surface area contributed by atoms with Crippen LogP contribution in [-0.4, -0.2) is 24.5 Å². The maximum absolute atomic E-state index is 11.3. The second-order valence-electron chi connectivity index (χ2n) is 3.94. The van der Waals surface area contributed by atoms with Gasteiger partial charge in [-0.05, 0) is 5.92 Å². The SMILES string of the molecule is CCC(=O)NC1C(=O)OC[C@@H]1C(C)C. The molecule has 0 aliphatic carbocycles. The van der Waals surface area contributed by atoms with E-state index in [9.17, 15) is 9.59 Å². The quantitative estimate of drug-likeness (QED) is 0.681. The van der Waals surface area contributed by atoms with Crippen LogP contribution in [0.5, 0.6) is 0 Å². The van der Waals surface area contributed by atoms with Crippen molar-refractivity contribution in [2.75, 3.05) is 6.61 Å². The van der Waals surface area contributed by atoms with Crippen LogP contribution in [0, 0.1) is 11.8 Å². The van der Waals surface area contributed by atoms with E-state index in [1.54, 1.807) is 6.92 Å². The lowest BCUT2D eigenvalue weighted by Gasteiger charge is -2.19. The zero-order valence-electron chi connectivity index (χ0n) is 8.87. The molecule has 1 unspecified atom stereocenters. The van der Waals surface area contributed by atoms with Gasteiger partial charge in [-0.25, -0.2) is 4.79 Å². The summed E-state index contributed by atoms with van der Waals surface area (Å²) in [6, 6.07) is -0.442. The molecule has 80 valence electrons. The average Bonchev–Trinajstić information content (AvgIpc) is 2.48. The van der Waals surface area contributed by atoms with Crippen LogP contribution in [0.15, 0.2) is 0 Å². The van der Waals surface area contributed by atoms with Crippen LogP contribution < -0.4 is 5.32 Å². The number of ether oxygens (including phenoxy) is 1. The maximum Gasteiger partial charge on any atom is 0.329 e. The van der Waals surface area contributed by atoms with Gasteiger partial charge in [-0.1, -0.05) is 20.8 Å². The van der Waals surface area contributed by atoms with Gasteiger partial charge in [0.2, 0.25) is 5.91 Å². The Morgan fingerprint density at radius 2 is 2.29 bits per heavy atom. The predicted octanol–water partition coefficient (Wildman–Crippen LogP) is 0.710. The number of esters is 1. The van der Waals surface area contributed by atoms with Crippen molar-refractivity contribution in [3.05, 3.63) is 0 Å². The third kappa shape index (κ3) is 2.25. The molecule has 1 heterocycles. The summed E-state index contributed by atoms with van der Waals surface area (Å²) in [5.74, 6) is 0.0478. The first-order valence-electron chi connectivity index (χ1n) is 5.02. The summed E-state index contributed by atoms with van der Waals surface area (Å²) in [6.07, 6.45) is 0.397. The molecule has 4 heteroatoms. The molecule has 0 aromatic heterocycles. The van der Waals surface area contributed by atoms with E-state index in [1.165, 1.54) is 0 Å². The lowest BCUT2D eigenvalue weighted by molar-refractivity contribution is -0.141. The van der Waals surface area contributed by atoms with Gasteiger partial charge >= 0.3 is 5.97 Å². The van der Waals surface area contributed by atoms with Crippen molar-refractivity contribution in [1.29, 1.82) is 0 Å². The molecule has 0 saturated carbocycles. The average molecular weight is 199 g/mol. The molecule has 1 rings (SSSR count). The van der Waals surface area contributed by atoms with E-state index in [1.807, 2.05) is 13.8 Å². The van der Waals surface area contributed by atoms with Crippen molar-refractivity contribution < 1.29 is 14.3 Å². The van der Waals surface area contributed by atoms with Crippen molar-refractivity contribution in [1.82, 2.24) is 5.32 Å². The first kappa shape index (κ1) is 11.0. The van der Waals surface area contributed by atoms with Crippen LogP contribution in [-0.2, 0) is 14.3 Å². The molecule has 1 amide bonds. The molecule has 0 bridgehead atoms. The number of hydrogen-bond donors (Lipinski definition) is 1. The van der Waals surface area contributed by atoms with Crippen LogP contribution in [0.4, 0.5) is 0 Å². The lowest BCUT2D eigenvalue weighted by atomic mass is 9.91. The standard InChI is InChI=1S/C10H17NO3/c1-4-8(12)11-9-7(6(2)3)5-14-10(9)13/h6-7,9H,4-5H2,1-3H3,(H,11,12)/t7-,9?/m1/s1. The largest absolute Gasteiger partial charge is 0.464 e. The van der Waals surface area contributed by atoms with Crippen LogP contribution in [0.25, 0.3) is 0 Å². The van der Waals surface area contributed by atoms with Gasteiger partial charge in [-0.2, -0.15) is 0 Å². The van der Waals surface area contributed by atoms with Gasteiger partial charge in [-0.15, -0.1) is 0 Å². The normalized spacial score (nSPS) is 26.4. The summed E-state index contributed by atoms with van der Waals surface area (Å²) in [4.78, 5) is 22.5. The van der Waals surface area contributed by atoms with Crippen molar-refractivity contribution in [3.63, 3.8) is 0 Å². The minimum atomic E-state index is -0.442. The Hall–Kier alpha value is -1.06. The molecule has 14 heavy (non-hydrogen) atoms. The highest BCUT2D eigenvalue weighted by Gasteiger charge is 2.39. The molecule has 1 fully saturated rings. The number of rotatable bonds is 3. The molecular formula is C10H17NO3. The van der Waals surface area contributed by atoms with Gasteiger partial charge in [0.1, 0.15) is 6.04 Å². The Kier molecular flexibility index (Phi) is 3.49. The molecule has 0 spiro atoms. The van der Waals surface area contributed by atoms with Crippen molar-refractivity contribution in [2.24, 2.45) is 11.8 Å². The maximum atomic E-state index is 11.3. The third-order valence-electron chi connectivity index (χ3n) is 2.59. The van der Waals surface area contributed by atoms with E-state index in [0.717, 1.165) is 0 Å². The van der Waals surface area contributed by atoms with Gasteiger partial charge < -0.3 is 10.1 Å². The predicted molar refractivity (Wildman–Crippen MR) is 51.5 cm³/mol. The summed E-state index contributed by atoms with van der Waals surface area (Å²) >= 11 is 0. The topological polar surface area (TPSA) is 55.4 Å². The molecule has 0 aromatic carbocycles. The van der Waals surface area contributed by atoms with Crippen LogP contribution in [0.3, 0.4) is 0 Å². The minimum Gasteiger partial charge on any atom is -0.464 e. The lowest BCUT2D eigenvalue weighted by Crippen LogP contribution is -2.43. The summed E-state index contributed by atoms with van der Waals surface area (Å²) in [5.41, 5.74) is 0. The number of carbonyl (C=O) groups is 2. The fourth-order valence-electron chi connectivity index (χ4n) is 1.56. The minimum absolute atomic E-state index is 0.0977. The Bertz CT molecular complexity index is 238. The fraction of sp³-hybridized carbons (Fsp3) is 0.800. The Balaban J connectivity index is 2.62. The molecule has 1 N–H and O–H groups in total. The third-order valence-corrected chi connectivity index (χ3v) is 2.59. The Labute approximate surface area is 84.0 Å². The van der Waals surface area contributed by atoms with Crippen molar-refractivity contribution >= 4 is 11.9 Å². The van der Waals surface area contributed by atoms with E-state index < -0.39 is 6.04 Å². The molecule has 0 aromatic rings. The second kappa shape index (κ2) is 4.44. The van der Waals surface area contributed by atoms with Crippen LogP contribution in [0.2, 0.25) is 0 Å². The van der Waals surface area contributed by atoms with Gasteiger partial charge in [0, 0.05) is 12.3 Å². The van der Waals surface area contributed by atoms with E-state index >= 15 is 0 Å². The number of cyclic esters (lactones) is 1. The van der Waals surface area contributed by atoms with E-state index in [4.69, 9.17) is 4.74 Å². The molecule has 1 aliphatic heterocycles. The first-order valence-corrected chi connectivity index (χ1v) is 5.02. The highest BCUT2D eigenvalue weighted by atomic mass is 16.5. The monoisotopic (exact) mass is 199 g/mol. The van der Waals surface area contributed by atoms with Gasteiger partial charge in [0.05, 0.1) is 6.61 Å². The Morgan fingerprint density at radius 1 is 1.64 bits per heavy atom. The van der Waals surface area contributed by atoms with Gasteiger partial charge in [0.15, 0.2) is 0 Å². The number of amides is 1. The van der Waals surface area contributed by atoms with Crippen LogP contribution in [0.1, 0.15) is 27.2 Å². The Morgan fingerprint density at radius 3 is 2.79 bits per heavy atom. The van der Waals surface area contributed by atoms with Crippen LogP contribution >= 0.6 is 0 Å². The highest BCUT2D eigenvalue weighted by molar-refractivity contribution is 5.85. The fourth-order valence-corrected chi connectivity index (χ4v) is 1.56. The molecule has 2 atom stereocenters. The summed E-state index contributed by atoms with van der Waals surface area (Å²) < 4.78 is 4.93. The zero-order chi connectivity index (χ0) is 10.7. The van der Waals surface area contributed by atoms with Crippen molar-refractivity contribution in [2.45, 2.75) is 33.2 Å². The molecule has 1 saturated heterocycles. The van der Waals surface area contributed by atoms with E-state index in [-0.39, 0.29) is 17.8 Å². The number of carbonyl (C=O) groups excluding carboxylic acids is 2. The molecule has 0 radical (unpaired) electrons. The highest BCUT2D eigenvalue weighted by Crippen LogP contribution is 2.23. The molecular weight excluding hydrogens is 182 g/mol.